The number of carbonyl (C=O) groups is 1. The second-order valence-electron chi connectivity index (χ2n) is 12.0. The minimum atomic E-state index is -1.28. The monoisotopic (exact) mass is 539 g/mol. The molecule has 0 bridgehead atoms. The van der Waals surface area contributed by atoms with Crippen LogP contribution in [0.15, 0.2) is 18.3 Å². The number of hydrogen-bond donors (Lipinski definition) is 1. The van der Waals surface area contributed by atoms with Crippen LogP contribution in [0.4, 0.5) is 10.2 Å². The van der Waals surface area contributed by atoms with E-state index in [1.165, 1.54) is 0 Å². The molecule has 1 aliphatic carbocycles. The van der Waals surface area contributed by atoms with Gasteiger partial charge in [0.1, 0.15) is 24.1 Å². The Bertz CT molecular complexity index is 1360. The molecule has 0 atom stereocenters. The van der Waals surface area contributed by atoms with Gasteiger partial charge < -0.3 is 24.7 Å². The molecule has 0 radical (unpaired) electrons. The van der Waals surface area contributed by atoms with E-state index in [0.717, 1.165) is 41.1 Å². The molecule has 4 heterocycles. The second-order valence-corrected chi connectivity index (χ2v) is 17.6. The fourth-order valence-corrected chi connectivity index (χ4v) is 5.64. The number of carbonyl (C=O) groups excluding carboxylic acids is 1. The molecule has 0 saturated heterocycles. The molecule has 1 fully saturated rings. The highest BCUT2D eigenvalue weighted by molar-refractivity contribution is 6.76. The second kappa shape index (κ2) is 10.4. The van der Waals surface area contributed by atoms with E-state index in [9.17, 15) is 4.79 Å². The van der Waals surface area contributed by atoms with Gasteiger partial charge in [0.2, 0.25) is 0 Å². The van der Waals surface area contributed by atoms with Crippen molar-refractivity contribution in [2.75, 3.05) is 12.3 Å². The van der Waals surface area contributed by atoms with Gasteiger partial charge in [-0.15, -0.1) is 0 Å². The third-order valence-corrected chi connectivity index (χ3v) is 9.10. The molecule has 0 aromatic carbocycles. The van der Waals surface area contributed by atoms with Gasteiger partial charge in [0, 0.05) is 38.0 Å². The van der Waals surface area contributed by atoms with Crippen LogP contribution in [0.3, 0.4) is 0 Å². The summed E-state index contributed by atoms with van der Waals surface area (Å²) in [6.45, 7) is 12.5. The lowest BCUT2D eigenvalue weighted by Gasteiger charge is -2.27. The van der Waals surface area contributed by atoms with E-state index in [-0.39, 0.29) is 36.7 Å². The highest BCUT2D eigenvalue weighted by atomic mass is 28.3. The number of anilines is 1. The first-order chi connectivity index (χ1) is 18.0. The maximum atomic E-state index is 15.0. The van der Waals surface area contributed by atoms with Crippen LogP contribution in [0.1, 0.15) is 65.5 Å². The van der Waals surface area contributed by atoms with Gasteiger partial charge in [-0.1, -0.05) is 19.6 Å². The Labute approximate surface area is 224 Å². The van der Waals surface area contributed by atoms with Crippen molar-refractivity contribution in [3.05, 3.63) is 52.2 Å². The molecule has 10 heteroatoms. The number of nitrogens with zero attached hydrogens (tertiary/aromatic N) is 4. The summed E-state index contributed by atoms with van der Waals surface area (Å²) in [4.78, 5) is 24.7. The van der Waals surface area contributed by atoms with Gasteiger partial charge >= 0.3 is 0 Å². The number of halogens is 1. The fraction of sp³-hybridized carbons (Fsp3) is 0.536. The van der Waals surface area contributed by atoms with E-state index in [1.807, 2.05) is 18.4 Å². The third-order valence-electron chi connectivity index (χ3n) is 7.40. The SMILES string of the molecule is CC(C)N(Cc1ncc(C2CC2)cc1F)C(=O)c1cc2nc(N)c3c(c2n1COCC[Si](C)(C)C)COC3. The van der Waals surface area contributed by atoms with Crippen molar-refractivity contribution in [2.24, 2.45) is 0 Å². The number of amides is 1. The summed E-state index contributed by atoms with van der Waals surface area (Å²) in [5.74, 6) is 0.234. The maximum absolute atomic E-state index is 15.0. The first-order valence-corrected chi connectivity index (χ1v) is 17.2. The molecule has 0 unspecified atom stereocenters. The van der Waals surface area contributed by atoms with Crippen molar-refractivity contribution in [1.82, 2.24) is 19.4 Å². The Morgan fingerprint density at radius 3 is 2.66 bits per heavy atom. The molecule has 204 valence electrons. The minimum Gasteiger partial charge on any atom is -0.383 e. The van der Waals surface area contributed by atoms with E-state index in [4.69, 9.17) is 15.2 Å². The van der Waals surface area contributed by atoms with Gasteiger partial charge in [0.05, 0.1) is 36.5 Å². The fourth-order valence-electron chi connectivity index (χ4n) is 4.88. The third kappa shape index (κ3) is 5.48. The first kappa shape index (κ1) is 26.8. The number of nitrogens with two attached hydrogens (primary N) is 1. The first-order valence-electron chi connectivity index (χ1n) is 13.4. The molecule has 1 aliphatic heterocycles. The molecule has 1 amide bonds. The summed E-state index contributed by atoms with van der Waals surface area (Å²) < 4.78 is 28.7. The number of rotatable bonds is 10. The largest absolute Gasteiger partial charge is 0.383 e. The van der Waals surface area contributed by atoms with Crippen LogP contribution in [0.25, 0.3) is 11.0 Å². The molecule has 3 aromatic heterocycles. The van der Waals surface area contributed by atoms with Crippen LogP contribution in [0.5, 0.6) is 0 Å². The van der Waals surface area contributed by atoms with Crippen LogP contribution >= 0.6 is 0 Å². The Hall–Kier alpha value is -2.82. The molecule has 1 saturated carbocycles. The van der Waals surface area contributed by atoms with Crippen molar-refractivity contribution in [3.63, 3.8) is 0 Å². The van der Waals surface area contributed by atoms with E-state index in [1.54, 1.807) is 23.2 Å². The summed E-state index contributed by atoms with van der Waals surface area (Å²) in [5, 5.41) is 0. The number of pyridine rings is 2. The minimum absolute atomic E-state index is 0.0715. The lowest BCUT2D eigenvalue weighted by molar-refractivity contribution is 0.0623. The van der Waals surface area contributed by atoms with Gasteiger partial charge in [-0.25, -0.2) is 9.37 Å². The normalized spacial score (nSPS) is 15.4. The maximum Gasteiger partial charge on any atom is 0.271 e. The standard InChI is InChI=1S/C28H38FN5O3Si/c1-17(2)33(13-24-22(29)10-19(12-31-24)18-6-7-18)28(35)25-11-23-26(20-14-37-15-21(20)27(30)32-23)34(25)16-36-8-9-38(3,4)5/h10-12,17-18H,6-9,13-16H2,1-5H3,(H2,30,32). The molecule has 2 aliphatic rings. The van der Waals surface area contributed by atoms with Gasteiger partial charge in [-0.05, 0) is 56.3 Å². The summed E-state index contributed by atoms with van der Waals surface area (Å²) in [7, 11) is -1.28. The number of aromatic nitrogens is 3. The topological polar surface area (TPSA) is 95.5 Å². The van der Waals surface area contributed by atoms with Gasteiger partial charge in [-0.3, -0.25) is 9.78 Å². The predicted molar refractivity (Wildman–Crippen MR) is 148 cm³/mol. The number of ether oxygens (including phenoxy) is 2. The van der Waals surface area contributed by atoms with Gasteiger partial charge in [0.15, 0.2) is 0 Å². The smallest absolute Gasteiger partial charge is 0.271 e. The quantitative estimate of drug-likeness (QED) is 0.273. The molecule has 5 rings (SSSR count). The Morgan fingerprint density at radius 1 is 1.26 bits per heavy atom. The molecular formula is C28H38FN5O3Si. The zero-order valence-electron chi connectivity index (χ0n) is 23.0. The highest BCUT2D eigenvalue weighted by Gasteiger charge is 2.30. The summed E-state index contributed by atoms with van der Waals surface area (Å²) in [6, 6.07) is 4.17. The average molecular weight is 540 g/mol. The molecule has 38 heavy (non-hydrogen) atoms. The van der Waals surface area contributed by atoms with Gasteiger partial charge in [-0.2, -0.15) is 0 Å². The Kier molecular flexibility index (Phi) is 7.32. The molecule has 2 N–H and O–H groups in total. The van der Waals surface area contributed by atoms with Crippen LogP contribution in [-0.2, 0) is 36.0 Å². The van der Waals surface area contributed by atoms with Crippen LogP contribution < -0.4 is 5.73 Å². The summed E-state index contributed by atoms with van der Waals surface area (Å²) in [6.07, 6.45) is 3.91. The van der Waals surface area contributed by atoms with E-state index in [0.29, 0.717) is 42.8 Å². The number of hydrogen-bond acceptors (Lipinski definition) is 6. The zero-order valence-corrected chi connectivity index (χ0v) is 24.0. The lowest BCUT2D eigenvalue weighted by atomic mass is 10.1. The predicted octanol–water partition coefficient (Wildman–Crippen LogP) is 5.42. The molecule has 3 aromatic rings. The summed E-state index contributed by atoms with van der Waals surface area (Å²) >= 11 is 0. The van der Waals surface area contributed by atoms with E-state index >= 15 is 4.39 Å². The molecule has 8 nitrogen and oxygen atoms in total. The number of fused-ring (bicyclic) bond motifs is 3. The molecule has 0 spiro atoms. The zero-order chi connectivity index (χ0) is 27.2. The van der Waals surface area contributed by atoms with Crippen molar-refractivity contribution in [1.29, 1.82) is 0 Å². The summed E-state index contributed by atoms with van der Waals surface area (Å²) in [5.41, 5.74) is 11.1. The van der Waals surface area contributed by atoms with Crippen molar-refractivity contribution >= 4 is 30.8 Å². The van der Waals surface area contributed by atoms with Crippen molar-refractivity contribution in [3.8, 4) is 0 Å². The lowest BCUT2D eigenvalue weighted by Crippen LogP contribution is -2.38. The van der Waals surface area contributed by atoms with Crippen molar-refractivity contribution in [2.45, 2.75) is 90.8 Å². The Morgan fingerprint density at radius 2 is 2.00 bits per heavy atom. The van der Waals surface area contributed by atoms with Crippen LogP contribution in [0, 0.1) is 5.82 Å². The highest BCUT2D eigenvalue weighted by Crippen LogP contribution is 2.40. The van der Waals surface area contributed by atoms with Gasteiger partial charge in [0.25, 0.3) is 5.91 Å². The number of nitrogen functional groups attached to an aromatic ring is 1. The molecular weight excluding hydrogens is 501 g/mol. The Balaban J connectivity index is 1.49. The van der Waals surface area contributed by atoms with Crippen molar-refractivity contribution < 1.29 is 18.7 Å². The van der Waals surface area contributed by atoms with Crippen LogP contribution in [0.2, 0.25) is 25.7 Å². The van der Waals surface area contributed by atoms with E-state index < -0.39 is 8.07 Å². The average Bonchev–Trinajstić information content (AvgIpc) is 3.46. The van der Waals surface area contributed by atoms with E-state index in [2.05, 4.69) is 29.6 Å². The van der Waals surface area contributed by atoms with Crippen LogP contribution in [-0.4, -0.2) is 46.1 Å².